The van der Waals surface area contributed by atoms with Crippen molar-refractivity contribution in [2.24, 2.45) is 7.05 Å². The molecule has 1 aromatic heterocycles. The summed E-state index contributed by atoms with van der Waals surface area (Å²) in [5.74, 6) is 0.227. The van der Waals surface area contributed by atoms with Crippen molar-refractivity contribution >= 4 is 5.91 Å². The number of ether oxygens (including phenoxy) is 1. The number of carbonyl (C=O) groups excluding carboxylic acids is 1. The van der Waals surface area contributed by atoms with Gasteiger partial charge in [-0.1, -0.05) is 6.92 Å². The summed E-state index contributed by atoms with van der Waals surface area (Å²) in [7, 11) is 4.11. The number of hydrogen-bond acceptors (Lipinski definition) is 5. The molecule has 0 spiro atoms. The number of likely N-dealkylation sites (N-methyl/N-ethyl adjacent to an activating group) is 1. The van der Waals surface area contributed by atoms with Gasteiger partial charge < -0.3 is 14.5 Å². The van der Waals surface area contributed by atoms with Gasteiger partial charge in [0.25, 0.3) is 0 Å². The lowest BCUT2D eigenvalue weighted by atomic mass is 9.99. The normalized spacial score (nSPS) is 26.0. The van der Waals surface area contributed by atoms with E-state index in [1.54, 1.807) is 0 Å². The van der Waals surface area contributed by atoms with Crippen molar-refractivity contribution in [3.63, 3.8) is 0 Å². The first-order valence-electron chi connectivity index (χ1n) is 9.89. The second-order valence-electron chi connectivity index (χ2n) is 7.60. The molecule has 3 heterocycles. The predicted octanol–water partition coefficient (Wildman–Crippen LogP) is 1.13. The van der Waals surface area contributed by atoms with Crippen molar-refractivity contribution in [3.05, 3.63) is 18.0 Å². The summed E-state index contributed by atoms with van der Waals surface area (Å²) in [5, 5.41) is 4.34. The van der Waals surface area contributed by atoms with Gasteiger partial charge in [-0.15, -0.1) is 0 Å². The number of amides is 1. The molecule has 0 aliphatic carbocycles. The minimum Gasteiger partial charge on any atom is -0.373 e. The standard InChI is InChI=1S/C19H33N5O2/c1-4-6-18(25)24-11-12-26-17(19(24)16-13-20-22(3)14-16)15-23-8-5-7-21(2)9-10-23/h13-14,17,19H,4-12,15H2,1-3H3/t17-,19-/m0/s1. The Hall–Kier alpha value is -1.44. The number of carbonyl (C=O) groups is 1. The van der Waals surface area contributed by atoms with Crippen molar-refractivity contribution < 1.29 is 9.53 Å². The van der Waals surface area contributed by atoms with E-state index in [9.17, 15) is 4.79 Å². The summed E-state index contributed by atoms with van der Waals surface area (Å²) < 4.78 is 8.01. The van der Waals surface area contributed by atoms with Crippen LogP contribution in [0.5, 0.6) is 0 Å². The topological polar surface area (TPSA) is 53.8 Å². The Morgan fingerprint density at radius 3 is 2.81 bits per heavy atom. The molecule has 0 aromatic carbocycles. The third kappa shape index (κ3) is 4.64. The van der Waals surface area contributed by atoms with Crippen LogP contribution >= 0.6 is 0 Å². The van der Waals surface area contributed by atoms with Crippen LogP contribution in [0.4, 0.5) is 0 Å². The molecule has 3 rings (SSSR count). The molecule has 2 fully saturated rings. The Balaban J connectivity index is 1.78. The van der Waals surface area contributed by atoms with Crippen molar-refractivity contribution in [2.45, 2.75) is 38.3 Å². The molecular weight excluding hydrogens is 330 g/mol. The average molecular weight is 364 g/mol. The van der Waals surface area contributed by atoms with Gasteiger partial charge in [-0.25, -0.2) is 0 Å². The van der Waals surface area contributed by atoms with Gasteiger partial charge in [0.2, 0.25) is 5.91 Å². The third-order valence-corrected chi connectivity index (χ3v) is 5.45. The smallest absolute Gasteiger partial charge is 0.223 e. The molecule has 2 aliphatic rings. The van der Waals surface area contributed by atoms with E-state index in [2.05, 4.69) is 28.9 Å². The zero-order valence-electron chi connectivity index (χ0n) is 16.4. The van der Waals surface area contributed by atoms with E-state index >= 15 is 0 Å². The fourth-order valence-electron chi connectivity index (χ4n) is 4.05. The second-order valence-corrected chi connectivity index (χ2v) is 7.60. The van der Waals surface area contributed by atoms with Crippen LogP contribution < -0.4 is 0 Å². The summed E-state index contributed by atoms with van der Waals surface area (Å²) in [6.07, 6.45) is 6.55. The van der Waals surface area contributed by atoms with E-state index in [1.165, 1.54) is 6.42 Å². The summed E-state index contributed by atoms with van der Waals surface area (Å²) in [6, 6.07) is -0.0440. The van der Waals surface area contributed by atoms with Crippen LogP contribution in [0.15, 0.2) is 12.4 Å². The Kier molecular flexibility index (Phi) is 6.67. The summed E-state index contributed by atoms with van der Waals surface area (Å²) in [6.45, 7) is 8.58. The van der Waals surface area contributed by atoms with Gasteiger partial charge in [-0.2, -0.15) is 5.10 Å². The zero-order valence-corrected chi connectivity index (χ0v) is 16.4. The van der Waals surface area contributed by atoms with Crippen LogP contribution in [0.1, 0.15) is 37.8 Å². The summed E-state index contributed by atoms with van der Waals surface area (Å²) >= 11 is 0. The van der Waals surface area contributed by atoms with Gasteiger partial charge in [-0.05, 0) is 33.0 Å². The molecule has 0 N–H and O–H groups in total. The molecule has 2 atom stereocenters. The maximum atomic E-state index is 12.7. The van der Waals surface area contributed by atoms with E-state index in [0.717, 1.165) is 44.7 Å². The highest BCUT2D eigenvalue weighted by molar-refractivity contribution is 5.76. The Labute approximate surface area is 156 Å². The first-order chi connectivity index (χ1) is 12.6. The predicted molar refractivity (Wildman–Crippen MR) is 101 cm³/mol. The maximum Gasteiger partial charge on any atom is 0.223 e. The second kappa shape index (κ2) is 8.97. The Morgan fingerprint density at radius 2 is 2.08 bits per heavy atom. The molecule has 2 aliphatic heterocycles. The number of rotatable bonds is 5. The molecule has 2 saturated heterocycles. The fourth-order valence-corrected chi connectivity index (χ4v) is 4.05. The monoisotopic (exact) mass is 363 g/mol. The van der Waals surface area contributed by atoms with E-state index in [-0.39, 0.29) is 18.1 Å². The van der Waals surface area contributed by atoms with Crippen LogP contribution in [-0.4, -0.2) is 89.4 Å². The minimum absolute atomic E-state index is 0.00263. The van der Waals surface area contributed by atoms with Crippen LogP contribution in [-0.2, 0) is 16.6 Å². The molecule has 7 nitrogen and oxygen atoms in total. The first-order valence-corrected chi connectivity index (χ1v) is 9.89. The van der Waals surface area contributed by atoms with Crippen LogP contribution in [0.2, 0.25) is 0 Å². The minimum atomic E-state index is -0.0440. The van der Waals surface area contributed by atoms with Crippen molar-refractivity contribution in [1.82, 2.24) is 24.5 Å². The van der Waals surface area contributed by atoms with Gasteiger partial charge >= 0.3 is 0 Å². The van der Waals surface area contributed by atoms with Gasteiger partial charge in [0.15, 0.2) is 0 Å². The molecule has 146 valence electrons. The largest absolute Gasteiger partial charge is 0.373 e. The molecule has 0 bridgehead atoms. The first kappa shape index (κ1) is 19.3. The fraction of sp³-hybridized carbons (Fsp3) is 0.789. The van der Waals surface area contributed by atoms with Crippen LogP contribution in [0, 0.1) is 0 Å². The van der Waals surface area contributed by atoms with Crippen molar-refractivity contribution in [1.29, 1.82) is 0 Å². The van der Waals surface area contributed by atoms with E-state index in [0.29, 0.717) is 19.6 Å². The quantitative estimate of drug-likeness (QED) is 0.785. The highest BCUT2D eigenvalue weighted by Crippen LogP contribution is 2.31. The van der Waals surface area contributed by atoms with E-state index in [1.807, 2.05) is 29.0 Å². The van der Waals surface area contributed by atoms with Crippen molar-refractivity contribution in [2.75, 3.05) is 52.9 Å². The lowest BCUT2D eigenvalue weighted by Crippen LogP contribution is -2.52. The molecule has 7 heteroatoms. The zero-order chi connectivity index (χ0) is 18.5. The Morgan fingerprint density at radius 1 is 1.23 bits per heavy atom. The molecule has 0 radical (unpaired) electrons. The van der Waals surface area contributed by atoms with Crippen molar-refractivity contribution in [3.8, 4) is 0 Å². The average Bonchev–Trinajstić information content (AvgIpc) is 2.94. The van der Waals surface area contributed by atoms with Gasteiger partial charge in [0.1, 0.15) is 0 Å². The van der Waals surface area contributed by atoms with Crippen LogP contribution in [0.3, 0.4) is 0 Å². The van der Waals surface area contributed by atoms with E-state index < -0.39 is 0 Å². The molecule has 26 heavy (non-hydrogen) atoms. The number of nitrogens with zero attached hydrogens (tertiary/aromatic N) is 5. The maximum absolute atomic E-state index is 12.7. The number of morpholine rings is 1. The summed E-state index contributed by atoms with van der Waals surface area (Å²) in [5.41, 5.74) is 1.08. The lowest BCUT2D eigenvalue weighted by Gasteiger charge is -2.42. The molecule has 1 aromatic rings. The van der Waals surface area contributed by atoms with Crippen LogP contribution in [0.25, 0.3) is 0 Å². The molecular formula is C19H33N5O2. The van der Waals surface area contributed by atoms with Gasteiger partial charge in [0.05, 0.1) is 24.9 Å². The molecule has 0 saturated carbocycles. The Bertz CT molecular complexity index is 590. The van der Waals surface area contributed by atoms with E-state index in [4.69, 9.17) is 4.74 Å². The number of hydrogen-bond donors (Lipinski definition) is 0. The highest BCUT2D eigenvalue weighted by Gasteiger charge is 2.37. The SMILES string of the molecule is CCCC(=O)N1CCO[C@@H](CN2CCCN(C)CC2)[C@@H]1c1cnn(C)c1. The van der Waals surface area contributed by atoms with Gasteiger partial charge in [-0.3, -0.25) is 14.4 Å². The third-order valence-electron chi connectivity index (χ3n) is 5.45. The van der Waals surface area contributed by atoms with Gasteiger partial charge in [0, 0.05) is 51.4 Å². The lowest BCUT2D eigenvalue weighted by molar-refractivity contribution is -0.148. The summed E-state index contributed by atoms with van der Waals surface area (Å²) in [4.78, 5) is 19.7. The molecule has 0 unspecified atom stereocenters. The number of aromatic nitrogens is 2. The highest BCUT2D eigenvalue weighted by atomic mass is 16.5. The molecule has 1 amide bonds. The number of aryl methyl sites for hydroxylation is 1.